The molecule has 0 fully saturated rings. The van der Waals surface area contributed by atoms with Crippen LogP contribution in [0.25, 0.3) is 0 Å². The van der Waals surface area contributed by atoms with E-state index in [9.17, 15) is 14.7 Å². The fourth-order valence-electron chi connectivity index (χ4n) is 3.59. The highest BCUT2D eigenvalue weighted by Gasteiger charge is 2.47. The van der Waals surface area contributed by atoms with Crippen LogP contribution < -0.4 is 9.64 Å². The molecule has 2 aromatic carbocycles. The van der Waals surface area contributed by atoms with Gasteiger partial charge in [-0.05, 0) is 37.1 Å². The summed E-state index contributed by atoms with van der Waals surface area (Å²) in [5.41, 5.74) is 1.70. The Kier molecular flexibility index (Phi) is 5.51. The van der Waals surface area contributed by atoms with Crippen molar-refractivity contribution in [3.8, 4) is 5.75 Å². The van der Waals surface area contributed by atoms with Crippen molar-refractivity contribution < 1.29 is 19.4 Å². The van der Waals surface area contributed by atoms with E-state index in [0.29, 0.717) is 18.0 Å². The molecule has 1 N–H and O–H groups in total. The van der Waals surface area contributed by atoms with E-state index in [1.807, 2.05) is 44.2 Å². The molecule has 29 heavy (non-hydrogen) atoms. The summed E-state index contributed by atoms with van der Waals surface area (Å²) >= 11 is 0. The maximum Gasteiger partial charge on any atom is 0.294 e. The normalized spacial score (nSPS) is 17.1. The highest BCUT2D eigenvalue weighted by atomic mass is 16.5. The van der Waals surface area contributed by atoms with E-state index in [2.05, 4.69) is 0 Å². The van der Waals surface area contributed by atoms with Gasteiger partial charge in [0.05, 0.1) is 18.2 Å². The standard InChI is InChI=1S/C24H27NO4/c1-6-29-17-12-9-11-16(14-17)25-20(18-13-8-7-10-15(18)2)19(21(26)23(25)28)22(27)24(3,4)5/h7-14,20,26H,6H2,1-5H3. The second kappa shape index (κ2) is 7.74. The predicted octanol–water partition coefficient (Wildman–Crippen LogP) is 4.91. The SMILES string of the molecule is CCOc1cccc(N2C(=O)C(O)=C(C(=O)C(C)(C)C)C2c2ccccc2C)c1. The molecule has 1 unspecified atom stereocenters. The fourth-order valence-corrected chi connectivity index (χ4v) is 3.59. The minimum atomic E-state index is -0.742. The second-order valence-corrected chi connectivity index (χ2v) is 8.21. The van der Waals surface area contributed by atoms with Gasteiger partial charge in [-0.25, -0.2) is 0 Å². The first-order chi connectivity index (χ1) is 13.7. The largest absolute Gasteiger partial charge is 0.503 e. The van der Waals surface area contributed by atoms with Crippen LogP contribution in [0, 0.1) is 12.3 Å². The Morgan fingerprint density at radius 3 is 2.45 bits per heavy atom. The molecule has 1 aliphatic heterocycles. The monoisotopic (exact) mass is 393 g/mol. The van der Waals surface area contributed by atoms with E-state index in [0.717, 1.165) is 11.1 Å². The Bertz CT molecular complexity index is 984. The summed E-state index contributed by atoms with van der Waals surface area (Å²) in [6.45, 7) is 9.67. The number of carbonyl (C=O) groups is 2. The number of anilines is 1. The minimum Gasteiger partial charge on any atom is -0.503 e. The molecule has 0 saturated carbocycles. The minimum absolute atomic E-state index is 0.138. The Hall–Kier alpha value is -3.08. The van der Waals surface area contributed by atoms with Crippen LogP contribution in [0.15, 0.2) is 59.9 Å². The molecule has 1 aliphatic rings. The molecule has 0 spiro atoms. The third-order valence-corrected chi connectivity index (χ3v) is 5.02. The van der Waals surface area contributed by atoms with Crippen molar-refractivity contribution in [2.75, 3.05) is 11.5 Å². The Labute approximate surface area is 171 Å². The van der Waals surface area contributed by atoms with E-state index in [1.165, 1.54) is 4.90 Å². The number of benzene rings is 2. The topological polar surface area (TPSA) is 66.8 Å². The quantitative estimate of drug-likeness (QED) is 0.784. The molecule has 5 nitrogen and oxygen atoms in total. The van der Waals surface area contributed by atoms with Crippen molar-refractivity contribution in [3.63, 3.8) is 0 Å². The molecular weight excluding hydrogens is 366 g/mol. The van der Waals surface area contributed by atoms with Crippen molar-refractivity contribution in [3.05, 3.63) is 71.0 Å². The van der Waals surface area contributed by atoms with Crippen molar-refractivity contribution >= 4 is 17.4 Å². The van der Waals surface area contributed by atoms with Gasteiger partial charge < -0.3 is 9.84 Å². The van der Waals surface area contributed by atoms with Crippen molar-refractivity contribution in [1.82, 2.24) is 0 Å². The van der Waals surface area contributed by atoms with E-state index in [4.69, 9.17) is 4.74 Å². The van der Waals surface area contributed by atoms with E-state index in [1.54, 1.807) is 39.0 Å². The van der Waals surface area contributed by atoms with Gasteiger partial charge in [-0.3, -0.25) is 14.5 Å². The first-order valence-corrected chi connectivity index (χ1v) is 9.76. The number of aliphatic hydroxyl groups is 1. The number of rotatable bonds is 5. The second-order valence-electron chi connectivity index (χ2n) is 8.21. The highest BCUT2D eigenvalue weighted by Crippen LogP contribution is 2.44. The molecular formula is C24H27NO4. The van der Waals surface area contributed by atoms with Crippen LogP contribution in [0.5, 0.6) is 5.75 Å². The number of Topliss-reactive ketones (excluding diaryl/α,β-unsaturated/α-hetero) is 1. The zero-order valence-corrected chi connectivity index (χ0v) is 17.5. The van der Waals surface area contributed by atoms with Crippen molar-refractivity contribution in [1.29, 1.82) is 0 Å². The fraction of sp³-hybridized carbons (Fsp3) is 0.333. The molecule has 5 heteroatoms. The van der Waals surface area contributed by atoms with Gasteiger partial charge in [-0.2, -0.15) is 0 Å². The number of hydrogen-bond donors (Lipinski definition) is 1. The number of carbonyl (C=O) groups excluding carboxylic acids is 2. The molecule has 2 aromatic rings. The number of amides is 1. The lowest BCUT2D eigenvalue weighted by Gasteiger charge is -2.30. The maximum absolute atomic E-state index is 13.2. The zero-order valence-electron chi connectivity index (χ0n) is 17.5. The van der Waals surface area contributed by atoms with E-state index < -0.39 is 23.1 Å². The van der Waals surface area contributed by atoms with Gasteiger partial charge in [0, 0.05) is 17.2 Å². The first kappa shape index (κ1) is 20.6. The summed E-state index contributed by atoms with van der Waals surface area (Å²) < 4.78 is 5.58. The van der Waals surface area contributed by atoms with Gasteiger partial charge in [0.2, 0.25) is 0 Å². The predicted molar refractivity (Wildman–Crippen MR) is 113 cm³/mol. The zero-order chi connectivity index (χ0) is 21.3. The third kappa shape index (κ3) is 3.77. The number of aliphatic hydroxyl groups excluding tert-OH is 1. The van der Waals surface area contributed by atoms with Gasteiger partial charge >= 0.3 is 0 Å². The van der Waals surface area contributed by atoms with Crippen LogP contribution in [0.4, 0.5) is 5.69 Å². The number of nitrogens with zero attached hydrogens (tertiary/aromatic N) is 1. The van der Waals surface area contributed by atoms with Gasteiger partial charge in [0.25, 0.3) is 5.91 Å². The van der Waals surface area contributed by atoms with Crippen LogP contribution >= 0.6 is 0 Å². The average molecular weight is 393 g/mol. The number of ketones is 1. The molecule has 0 radical (unpaired) electrons. The highest BCUT2D eigenvalue weighted by molar-refractivity contribution is 6.17. The molecule has 0 bridgehead atoms. The Morgan fingerprint density at radius 1 is 1.14 bits per heavy atom. The summed E-state index contributed by atoms with van der Waals surface area (Å²) in [7, 11) is 0. The lowest BCUT2D eigenvalue weighted by molar-refractivity contribution is -0.123. The lowest BCUT2D eigenvalue weighted by Crippen LogP contribution is -2.33. The Balaban J connectivity index is 2.21. The Morgan fingerprint density at radius 2 is 1.83 bits per heavy atom. The van der Waals surface area contributed by atoms with Crippen molar-refractivity contribution in [2.45, 2.75) is 40.7 Å². The molecule has 152 valence electrons. The summed E-state index contributed by atoms with van der Waals surface area (Å²) in [6.07, 6.45) is 0. The summed E-state index contributed by atoms with van der Waals surface area (Å²) in [6, 6.07) is 14.0. The molecule has 0 aromatic heterocycles. The molecule has 0 aliphatic carbocycles. The number of ether oxygens (including phenoxy) is 1. The lowest BCUT2D eigenvalue weighted by atomic mass is 9.81. The maximum atomic E-state index is 13.2. The van der Waals surface area contributed by atoms with Gasteiger partial charge in [-0.1, -0.05) is 51.1 Å². The molecule has 0 saturated heterocycles. The third-order valence-electron chi connectivity index (χ3n) is 5.02. The summed E-state index contributed by atoms with van der Waals surface area (Å²) in [5, 5.41) is 10.8. The van der Waals surface area contributed by atoms with Gasteiger partial charge in [-0.15, -0.1) is 0 Å². The molecule has 1 atom stereocenters. The van der Waals surface area contributed by atoms with E-state index >= 15 is 0 Å². The number of hydrogen-bond acceptors (Lipinski definition) is 4. The van der Waals surface area contributed by atoms with E-state index in [-0.39, 0.29) is 11.4 Å². The van der Waals surface area contributed by atoms with Crippen LogP contribution in [-0.4, -0.2) is 23.4 Å². The smallest absolute Gasteiger partial charge is 0.294 e. The first-order valence-electron chi connectivity index (χ1n) is 9.76. The average Bonchev–Trinajstić information content (AvgIpc) is 2.92. The van der Waals surface area contributed by atoms with Crippen LogP contribution in [0.2, 0.25) is 0 Å². The molecule has 3 rings (SSSR count). The van der Waals surface area contributed by atoms with Crippen LogP contribution in [0.3, 0.4) is 0 Å². The summed E-state index contributed by atoms with van der Waals surface area (Å²) in [4.78, 5) is 27.9. The van der Waals surface area contributed by atoms with Crippen molar-refractivity contribution in [2.24, 2.45) is 5.41 Å². The number of aryl methyl sites for hydroxylation is 1. The van der Waals surface area contributed by atoms with Crippen LogP contribution in [-0.2, 0) is 9.59 Å². The molecule has 1 heterocycles. The van der Waals surface area contributed by atoms with Crippen LogP contribution in [0.1, 0.15) is 44.9 Å². The van der Waals surface area contributed by atoms with Gasteiger partial charge in [0.15, 0.2) is 11.5 Å². The summed E-state index contributed by atoms with van der Waals surface area (Å²) in [5.74, 6) is -0.698. The van der Waals surface area contributed by atoms with Gasteiger partial charge in [0.1, 0.15) is 5.75 Å². The molecule has 1 amide bonds.